The van der Waals surface area contributed by atoms with Crippen molar-refractivity contribution in [2.45, 2.75) is 44.7 Å². The van der Waals surface area contributed by atoms with Crippen molar-refractivity contribution >= 4 is 29.2 Å². The van der Waals surface area contributed by atoms with E-state index >= 15 is 0 Å². The highest BCUT2D eigenvalue weighted by Crippen LogP contribution is 2.35. The zero-order chi connectivity index (χ0) is 23.5. The third kappa shape index (κ3) is 5.20. The van der Waals surface area contributed by atoms with Crippen LogP contribution in [0.15, 0.2) is 30.6 Å². The number of benzene rings is 1. The van der Waals surface area contributed by atoms with Gasteiger partial charge >= 0.3 is 12.8 Å². The molecule has 2 heterocycles. The van der Waals surface area contributed by atoms with E-state index in [0.717, 1.165) is 29.9 Å². The van der Waals surface area contributed by atoms with Crippen LogP contribution in [0.5, 0.6) is 0 Å². The van der Waals surface area contributed by atoms with Crippen molar-refractivity contribution < 1.29 is 28.5 Å². The molecule has 0 atom stereocenters. The first-order valence-electron chi connectivity index (χ1n) is 10.7. The predicted octanol–water partition coefficient (Wildman–Crippen LogP) is 2.21. The number of nitro groups is 1. The maximum Gasteiger partial charge on any atom is 0.488 e. The average molecular weight is 463 g/mol. The SMILES string of the molecule is O=[N+]([O-])c1cn(C2CCC(COCCn3ncc4cc(B(O)O)ccc43)CC2)nc1C(F)F. The molecule has 10 nitrogen and oxygen atoms in total. The van der Waals surface area contributed by atoms with E-state index in [-0.39, 0.29) is 6.04 Å². The predicted molar refractivity (Wildman–Crippen MR) is 115 cm³/mol. The molecule has 176 valence electrons. The third-order valence-corrected chi connectivity index (χ3v) is 6.10. The van der Waals surface area contributed by atoms with E-state index in [9.17, 15) is 28.9 Å². The van der Waals surface area contributed by atoms with E-state index in [1.165, 1.54) is 4.68 Å². The molecule has 0 bridgehead atoms. The zero-order valence-electron chi connectivity index (χ0n) is 17.8. The largest absolute Gasteiger partial charge is 0.488 e. The zero-order valence-corrected chi connectivity index (χ0v) is 17.8. The van der Waals surface area contributed by atoms with Gasteiger partial charge in [-0.25, -0.2) is 8.78 Å². The lowest BCUT2D eigenvalue weighted by Crippen LogP contribution is -2.29. The molecule has 1 aromatic carbocycles. The van der Waals surface area contributed by atoms with Gasteiger partial charge in [0.1, 0.15) is 6.20 Å². The highest BCUT2D eigenvalue weighted by atomic mass is 19.3. The van der Waals surface area contributed by atoms with Crippen LogP contribution in [-0.2, 0) is 11.3 Å². The van der Waals surface area contributed by atoms with Crippen LogP contribution in [0.3, 0.4) is 0 Å². The molecule has 1 aliphatic carbocycles. The molecule has 1 fully saturated rings. The Morgan fingerprint density at radius 3 is 2.67 bits per heavy atom. The lowest BCUT2D eigenvalue weighted by molar-refractivity contribution is -0.386. The highest BCUT2D eigenvalue weighted by molar-refractivity contribution is 6.58. The standard InChI is InChI=1S/C20H24BF2N5O5/c22-20(23)19-18(28(31)32)11-27(25-19)16-4-1-13(2-5-16)12-33-8-7-26-17-6-3-15(21(29)30)9-14(17)10-24-26/h3,6,9-11,13,16,20,29-30H,1-2,4-5,7-8,12H2. The summed E-state index contributed by atoms with van der Waals surface area (Å²) < 4.78 is 35.0. The van der Waals surface area contributed by atoms with Crippen LogP contribution in [0.25, 0.3) is 10.9 Å². The molecular formula is C20H24BF2N5O5. The molecule has 3 aromatic rings. The minimum Gasteiger partial charge on any atom is -0.423 e. The van der Waals surface area contributed by atoms with E-state index in [1.54, 1.807) is 29.1 Å². The molecule has 0 spiro atoms. The van der Waals surface area contributed by atoms with Crippen LogP contribution in [0.4, 0.5) is 14.5 Å². The third-order valence-electron chi connectivity index (χ3n) is 6.10. The van der Waals surface area contributed by atoms with E-state index in [4.69, 9.17) is 4.74 Å². The molecule has 0 radical (unpaired) electrons. The highest BCUT2D eigenvalue weighted by Gasteiger charge is 2.30. The molecule has 2 aromatic heterocycles. The van der Waals surface area contributed by atoms with Gasteiger partial charge in [-0.1, -0.05) is 12.1 Å². The van der Waals surface area contributed by atoms with E-state index in [1.807, 2.05) is 0 Å². The lowest BCUT2D eigenvalue weighted by atomic mass is 9.80. The van der Waals surface area contributed by atoms with Crippen LogP contribution < -0.4 is 5.46 Å². The molecule has 0 aliphatic heterocycles. The van der Waals surface area contributed by atoms with Crippen LogP contribution in [0, 0.1) is 16.0 Å². The maximum atomic E-state index is 13.0. The summed E-state index contributed by atoms with van der Waals surface area (Å²) in [6.45, 7) is 1.58. The maximum absolute atomic E-state index is 13.0. The summed E-state index contributed by atoms with van der Waals surface area (Å²) in [6.07, 6.45) is 2.82. The van der Waals surface area contributed by atoms with Gasteiger partial charge in [0, 0.05) is 12.0 Å². The van der Waals surface area contributed by atoms with Gasteiger partial charge in [0.05, 0.1) is 35.8 Å². The Balaban J connectivity index is 1.24. The van der Waals surface area contributed by atoms with Gasteiger partial charge in [-0.2, -0.15) is 10.2 Å². The molecule has 2 N–H and O–H groups in total. The number of fused-ring (bicyclic) bond motifs is 1. The molecule has 1 aliphatic rings. The summed E-state index contributed by atoms with van der Waals surface area (Å²) in [6, 6.07) is 4.98. The minimum absolute atomic E-state index is 0.134. The molecule has 33 heavy (non-hydrogen) atoms. The average Bonchev–Trinajstić information content (AvgIpc) is 3.42. The van der Waals surface area contributed by atoms with Gasteiger partial charge in [0.15, 0.2) is 0 Å². The first kappa shape index (κ1) is 23.3. The fourth-order valence-corrected chi connectivity index (χ4v) is 4.30. The summed E-state index contributed by atoms with van der Waals surface area (Å²) in [4.78, 5) is 10.2. The second kappa shape index (κ2) is 9.93. The minimum atomic E-state index is -2.98. The molecule has 4 rings (SSSR count). The quantitative estimate of drug-likeness (QED) is 0.216. The van der Waals surface area contributed by atoms with Crippen molar-refractivity contribution in [3.05, 3.63) is 46.4 Å². The summed E-state index contributed by atoms with van der Waals surface area (Å²) >= 11 is 0. The number of hydrogen-bond acceptors (Lipinski definition) is 7. The summed E-state index contributed by atoms with van der Waals surface area (Å²) in [7, 11) is -1.52. The van der Waals surface area contributed by atoms with Crippen LogP contribution in [0.1, 0.15) is 43.8 Å². The Hall–Kier alpha value is -2.90. The number of hydrogen-bond donors (Lipinski definition) is 2. The Bertz CT molecular complexity index is 1110. The van der Waals surface area contributed by atoms with E-state index < -0.39 is 29.8 Å². The number of alkyl halides is 2. The summed E-state index contributed by atoms with van der Waals surface area (Å²) in [5.74, 6) is 0.323. The van der Waals surface area contributed by atoms with Crippen molar-refractivity contribution in [2.24, 2.45) is 5.92 Å². The lowest BCUT2D eigenvalue weighted by Gasteiger charge is -2.28. The van der Waals surface area contributed by atoms with Gasteiger partial charge in [-0.15, -0.1) is 0 Å². The van der Waals surface area contributed by atoms with Crippen LogP contribution in [0.2, 0.25) is 0 Å². The van der Waals surface area contributed by atoms with Crippen molar-refractivity contribution in [1.82, 2.24) is 19.6 Å². The van der Waals surface area contributed by atoms with Crippen molar-refractivity contribution in [2.75, 3.05) is 13.2 Å². The fraction of sp³-hybridized carbons (Fsp3) is 0.500. The van der Waals surface area contributed by atoms with Crippen molar-refractivity contribution in [1.29, 1.82) is 0 Å². The molecule has 0 amide bonds. The molecular weight excluding hydrogens is 439 g/mol. The smallest absolute Gasteiger partial charge is 0.423 e. The first-order chi connectivity index (χ1) is 15.8. The van der Waals surface area contributed by atoms with Gasteiger partial charge < -0.3 is 14.8 Å². The van der Waals surface area contributed by atoms with Crippen LogP contribution in [-0.4, -0.2) is 54.9 Å². The normalized spacial score (nSPS) is 18.8. The Morgan fingerprint density at radius 1 is 1.27 bits per heavy atom. The van der Waals surface area contributed by atoms with Gasteiger partial charge in [-0.3, -0.25) is 19.5 Å². The first-order valence-corrected chi connectivity index (χ1v) is 10.7. The van der Waals surface area contributed by atoms with E-state index in [2.05, 4.69) is 10.2 Å². The topological polar surface area (TPSA) is 128 Å². The Morgan fingerprint density at radius 2 is 2.03 bits per heavy atom. The number of nitrogens with zero attached hydrogens (tertiary/aromatic N) is 5. The number of ether oxygens (including phenoxy) is 1. The van der Waals surface area contributed by atoms with Gasteiger partial charge in [0.2, 0.25) is 5.69 Å². The molecule has 0 unspecified atom stereocenters. The van der Waals surface area contributed by atoms with Crippen molar-refractivity contribution in [3.63, 3.8) is 0 Å². The van der Waals surface area contributed by atoms with Gasteiger partial charge in [0.25, 0.3) is 6.43 Å². The number of halogens is 2. The Kier molecular flexibility index (Phi) is 7.01. The van der Waals surface area contributed by atoms with Crippen LogP contribution >= 0.6 is 0 Å². The monoisotopic (exact) mass is 463 g/mol. The van der Waals surface area contributed by atoms with Gasteiger partial charge in [-0.05, 0) is 43.1 Å². The second-order valence-electron chi connectivity index (χ2n) is 8.25. The molecule has 1 saturated carbocycles. The Labute approximate surface area is 188 Å². The fourth-order valence-electron chi connectivity index (χ4n) is 4.30. The summed E-state index contributed by atoms with van der Waals surface area (Å²) in [5.41, 5.74) is -0.130. The molecule has 13 heteroatoms. The second-order valence-corrected chi connectivity index (χ2v) is 8.25. The summed E-state index contributed by atoms with van der Waals surface area (Å²) in [5, 5.41) is 38.5. The van der Waals surface area contributed by atoms with Crippen molar-refractivity contribution in [3.8, 4) is 0 Å². The number of rotatable bonds is 9. The number of aromatic nitrogens is 4. The molecule has 0 saturated heterocycles. The van der Waals surface area contributed by atoms with E-state index in [0.29, 0.717) is 44.0 Å².